The Balaban J connectivity index is 1.89. The van der Waals surface area contributed by atoms with E-state index in [1.54, 1.807) is 36.4 Å². The summed E-state index contributed by atoms with van der Waals surface area (Å²) in [6.45, 7) is 2.97. The molecule has 0 aliphatic carbocycles. The summed E-state index contributed by atoms with van der Waals surface area (Å²) in [6.07, 6.45) is 2.92. The maximum absolute atomic E-state index is 12.8. The van der Waals surface area contributed by atoms with Crippen LogP contribution in [0, 0.1) is 0 Å². The Morgan fingerprint density at radius 3 is 2.48 bits per heavy atom. The van der Waals surface area contributed by atoms with Crippen molar-refractivity contribution in [3.63, 3.8) is 0 Å². The summed E-state index contributed by atoms with van der Waals surface area (Å²) in [5, 5.41) is 8.99. The fraction of sp³-hybridized carbons (Fsp3) is 0.286. The van der Waals surface area contributed by atoms with Gasteiger partial charge in [0.15, 0.2) is 5.69 Å². The highest BCUT2D eigenvalue weighted by atomic mass is 35.5. The second-order valence-corrected chi connectivity index (χ2v) is 6.88. The van der Waals surface area contributed by atoms with Crippen LogP contribution in [0.1, 0.15) is 42.2 Å². The molecule has 0 bridgehead atoms. The summed E-state index contributed by atoms with van der Waals surface area (Å²) in [5.41, 5.74) is 1.06. The molecule has 5 nitrogen and oxygen atoms in total. The average Bonchev–Trinajstić information content (AvgIpc) is 2.69. The second-order valence-electron chi connectivity index (χ2n) is 6.44. The molecule has 0 atom stereocenters. The van der Waals surface area contributed by atoms with Gasteiger partial charge in [0, 0.05) is 23.5 Å². The standard InChI is InChI=1S/C21H22ClN3O2/c1-2-3-6-13-25-21(27)18-8-5-4-7-17(18)19(24-25)20(26)23-14-15-9-11-16(22)12-10-15/h4-5,7-12H,2-3,6,13-14H2,1H3,(H,23,26). The van der Waals surface area contributed by atoms with Crippen molar-refractivity contribution < 1.29 is 4.79 Å². The van der Waals surface area contributed by atoms with Crippen LogP contribution >= 0.6 is 11.6 Å². The van der Waals surface area contributed by atoms with Gasteiger partial charge in [0.05, 0.1) is 5.39 Å². The summed E-state index contributed by atoms with van der Waals surface area (Å²) < 4.78 is 1.41. The van der Waals surface area contributed by atoms with Crippen molar-refractivity contribution in [3.8, 4) is 0 Å². The van der Waals surface area contributed by atoms with Gasteiger partial charge in [-0.2, -0.15) is 5.10 Å². The molecule has 1 heterocycles. The van der Waals surface area contributed by atoms with Gasteiger partial charge in [0.25, 0.3) is 11.5 Å². The fourth-order valence-electron chi connectivity index (χ4n) is 2.93. The molecular weight excluding hydrogens is 362 g/mol. The second kappa shape index (κ2) is 8.82. The van der Waals surface area contributed by atoms with Crippen LogP contribution in [0.5, 0.6) is 0 Å². The Morgan fingerprint density at radius 2 is 1.78 bits per heavy atom. The molecule has 3 rings (SSSR count). The van der Waals surface area contributed by atoms with Crippen LogP contribution in [0.15, 0.2) is 53.3 Å². The van der Waals surface area contributed by atoms with Crippen LogP contribution in [-0.2, 0) is 13.1 Å². The minimum atomic E-state index is -0.301. The highest BCUT2D eigenvalue weighted by molar-refractivity contribution is 6.30. The fourth-order valence-corrected chi connectivity index (χ4v) is 3.06. The summed E-state index contributed by atoms with van der Waals surface area (Å²) >= 11 is 5.89. The number of nitrogens with zero attached hydrogens (tertiary/aromatic N) is 2. The van der Waals surface area contributed by atoms with E-state index in [4.69, 9.17) is 11.6 Å². The van der Waals surface area contributed by atoms with Gasteiger partial charge >= 0.3 is 0 Å². The number of carbonyl (C=O) groups is 1. The zero-order valence-electron chi connectivity index (χ0n) is 15.2. The van der Waals surface area contributed by atoms with Gasteiger partial charge in [-0.1, -0.05) is 61.7 Å². The molecule has 3 aromatic rings. The Labute approximate surface area is 163 Å². The third-order valence-corrected chi connectivity index (χ3v) is 4.67. The van der Waals surface area contributed by atoms with Crippen molar-refractivity contribution in [1.29, 1.82) is 0 Å². The highest BCUT2D eigenvalue weighted by Crippen LogP contribution is 2.14. The van der Waals surface area contributed by atoms with Crippen molar-refractivity contribution in [2.75, 3.05) is 0 Å². The number of aromatic nitrogens is 2. The number of amides is 1. The van der Waals surface area contributed by atoms with Gasteiger partial charge in [-0.15, -0.1) is 0 Å². The molecule has 0 unspecified atom stereocenters. The zero-order chi connectivity index (χ0) is 19.2. The monoisotopic (exact) mass is 383 g/mol. The minimum absolute atomic E-state index is 0.157. The highest BCUT2D eigenvalue weighted by Gasteiger charge is 2.16. The first-order valence-electron chi connectivity index (χ1n) is 9.12. The van der Waals surface area contributed by atoms with E-state index in [0.717, 1.165) is 24.8 Å². The zero-order valence-corrected chi connectivity index (χ0v) is 16.0. The van der Waals surface area contributed by atoms with Gasteiger partial charge in [0.1, 0.15) is 0 Å². The third kappa shape index (κ3) is 4.55. The van der Waals surface area contributed by atoms with Crippen LogP contribution in [0.4, 0.5) is 0 Å². The van der Waals surface area contributed by atoms with Crippen molar-refractivity contribution in [1.82, 2.24) is 15.1 Å². The van der Waals surface area contributed by atoms with Gasteiger partial charge in [-0.25, -0.2) is 4.68 Å². The Morgan fingerprint density at radius 1 is 1.07 bits per heavy atom. The topological polar surface area (TPSA) is 64.0 Å². The average molecular weight is 384 g/mol. The first-order valence-corrected chi connectivity index (χ1v) is 9.50. The number of aryl methyl sites for hydroxylation is 1. The third-order valence-electron chi connectivity index (χ3n) is 4.42. The summed E-state index contributed by atoms with van der Waals surface area (Å²) in [6, 6.07) is 14.4. The summed E-state index contributed by atoms with van der Waals surface area (Å²) in [5.74, 6) is -0.301. The lowest BCUT2D eigenvalue weighted by molar-refractivity contribution is 0.0945. The van der Waals surface area contributed by atoms with Crippen molar-refractivity contribution in [2.24, 2.45) is 0 Å². The Bertz CT molecular complexity index is 996. The van der Waals surface area contributed by atoms with Crippen LogP contribution in [0.3, 0.4) is 0 Å². The van der Waals surface area contributed by atoms with Crippen molar-refractivity contribution in [2.45, 2.75) is 39.3 Å². The van der Waals surface area contributed by atoms with Crippen LogP contribution in [-0.4, -0.2) is 15.7 Å². The lowest BCUT2D eigenvalue weighted by Gasteiger charge is -2.11. The summed E-state index contributed by atoms with van der Waals surface area (Å²) in [4.78, 5) is 25.4. The van der Waals surface area contributed by atoms with E-state index >= 15 is 0 Å². The number of carbonyl (C=O) groups excluding carboxylic acids is 1. The van der Waals surface area contributed by atoms with Gasteiger partial charge < -0.3 is 5.32 Å². The lowest BCUT2D eigenvalue weighted by Crippen LogP contribution is -2.30. The molecule has 0 saturated heterocycles. The number of halogens is 1. The quantitative estimate of drug-likeness (QED) is 0.623. The van der Waals surface area contributed by atoms with Crippen LogP contribution in [0.2, 0.25) is 5.02 Å². The number of benzene rings is 2. The first-order chi connectivity index (χ1) is 13.1. The molecule has 0 aliphatic heterocycles. The van der Waals surface area contributed by atoms with E-state index in [1.807, 2.05) is 12.1 Å². The number of unbranched alkanes of at least 4 members (excludes halogenated alkanes) is 2. The lowest BCUT2D eigenvalue weighted by atomic mass is 10.1. The van der Waals surface area contributed by atoms with E-state index in [1.165, 1.54) is 4.68 Å². The molecule has 0 aliphatic rings. The molecule has 6 heteroatoms. The summed E-state index contributed by atoms with van der Waals surface area (Å²) in [7, 11) is 0. The van der Waals surface area contributed by atoms with Gasteiger partial charge in [-0.3, -0.25) is 9.59 Å². The predicted molar refractivity (Wildman–Crippen MR) is 108 cm³/mol. The number of hydrogen-bond donors (Lipinski definition) is 1. The Kier molecular flexibility index (Phi) is 6.24. The van der Waals surface area contributed by atoms with E-state index in [9.17, 15) is 9.59 Å². The molecule has 1 aromatic heterocycles. The number of rotatable bonds is 7. The van der Waals surface area contributed by atoms with Gasteiger partial charge in [0.2, 0.25) is 0 Å². The molecule has 0 spiro atoms. The molecule has 0 radical (unpaired) electrons. The van der Waals surface area contributed by atoms with E-state index in [-0.39, 0.29) is 17.2 Å². The van der Waals surface area contributed by atoms with Crippen LogP contribution < -0.4 is 10.9 Å². The van der Waals surface area contributed by atoms with Crippen molar-refractivity contribution in [3.05, 3.63) is 75.2 Å². The number of nitrogens with one attached hydrogen (secondary N) is 1. The van der Waals surface area contributed by atoms with E-state index in [2.05, 4.69) is 17.3 Å². The van der Waals surface area contributed by atoms with Crippen molar-refractivity contribution >= 4 is 28.3 Å². The molecule has 1 N–H and O–H groups in total. The normalized spacial score (nSPS) is 10.9. The maximum atomic E-state index is 12.8. The number of hydrogen-bond acceptors (Lipinski definition) is 3. The minimum Gasteiger partial charge on any atom is -0.347 e. The van der Waals surface area contributed by atoms with E-state index in [0.29, 0.717) is 28.9 Å². The van der Waals surface area contributed by atoms with Gasteiger partial charge in [-0.05, 0) is 30.2 Å². The Hall–Kier alpha value is -2.66. The van der Waals surface area contributed by atoms with Crippen LogP contribution in [0.25, 0.3) is 10.8 Å². The first kappa shape index (κ1) is 19.1. The molecule has 2 aromatic carbocycles. The van der Waals surface area contributed by atoms with E-state index < -0.39 is 0 Å². The largest absolute Gasteiger partial charge is 0.347 e. The molecule has 140 valence electrons. The number of fused-ring (bicyclic) bond motifs is 1. The maximum Gasteiger partial charge on any atom is 0.274 e. The molecular formula is C21H22ClN3O2. The SMILES string of the molecule is CCCCCn1nc(C(=O)NCc2ccc(Cl)cc2)c2ccccc2c1=O. The molecule has 0 saturated carbocycles. The predicted octanol–water partition coefficient (Wildman–Crippen LogP) is 4.17. The molecule has 0 fully saturated rings. The smallest absolute Gasteiger partial charge is 0.274 e. The molecule has 27 heavy (non-hydrogen) atoms. The molecule has 1 amide bonds.